The lowest BCUT2D eigenvalue weighted by molar-refractivity contribution is -0.129. The third kappa shape index (κ3) is 2.67. The monoisotopic (exact) mass is 185 g/mol. The highest BCUT2D eigenvalue weighted by molar-refractivity contribution is 5.86. The van der Waals surface area contributed by atoms with Gasteiger partial charge in [0.25, 0.3) is 0 Å². The van der Waals surface area contributed by atoms with E-state index in [0.29, 0.717) is 6.54 Å². The summed E-state index contributed by atoms with van der Waals surface area (Å²) in [5.74, 6) is 0.0144. The minimum Gasteiger partial charge on any atom is -0.353 e. The fraction of sp³-hybridized carbons (Fsp3) is 0.889. The first-order valence-electron chi connectivity index (χ1n) is 4.76. The number of carbonyl (C=O) groups is 1. The lowest BCUT2D eigenvalue weighted by Gasteiger charge is -2.36. The molecule has 0 bridgehead atoms. The Balaban J connectivity index is 2.18. The van der Waals surface area contributed by atoms with Crippen LogP contribution in [0.2, 0.25) is 0 Å². The average molecular weight is 185 g/mol. The van der Waals surface area contributed by atoms with Crippen molar-refractivity contribution in [1.82, 2.24) is 10.2 Å². The number of amides is 1. The third-order valence-electron chi connectivity index (χ3n) is 2.54. The minimum absolute atomic E-state index is 0.0144. The number of nitrogens with two attached hydrogens (primary N) is 1. The van der Waals surface area contributed by atoms with E-state index in [2.05, 4.69) is 5.32 Å². The zero-order chi connectivity index (χ0) is 9.90. The van der Waals surface area contributed by atoms with Crippen LogP contribution in [0.4, 0.5) is 0 Å². The normalized spacial score (nSPS) is 19.7. The molecule has 0 aromatic carbocycles. The molecule has 0 heterocycles. The molecule has 0 aromatic rings. The van der Waals surface area contributed by atoms with Gasteiger partial charge in [-0.3, -0.25) is 4.79 Å². The van der Waals surface area contributed by atoms with E-state index in [0.717, 1.165) is 25.8 Å². The van der Waals surface area contributed by atoms with Gasteiger partial charge in [0.15, 0.2) is 0 Å². The van der Waals surface area contributed by atoms with E-state index in [1.54, 1.807) is 0 Å². The molecule has 0 aromatic heterocycles. The molecule has 0 unspecified atom stereocenters. The number of carbonyl (C=O) groups excluding carboxylic acids is 1. The van der Waals surface area contributed by atoms with Crippen LogP contribution < -0.4 is 11.1 Å². The Morgan fingerprint density at radius 2 is 2.15 bits per heavy atom. The largest absolute Gasteiger partial charge is 0.353 e. The first-order valence-corrected chi connectivity index (χ1v) is 4.76. The first kappa shape index (κ1) is 10.5. The molecule has 13 heavy (non-hydrogen) atoms. The van der Waals surface area contributed by atoms with E-state index < -0.39 is 5.54 Å². The van der Waals surface area contributed by atoms with Crippen molar-refractivity contribution in [3.05, 3.63) is 0 Å². The van der Waals surface area contributed by atoms with E-state index >= 15 is 0 Å². The molecule has 0 saturated heterocycles. The molecule has 1 aliphatic carbocycles. The maximum Gasteiger partial charge on any atom is 0.240 e. The van der Waals surface area contributed by atoms with Crippen molar-refractivity contribution in [2.75, 3.05) is 27.2 Å². The zero-order valence-corrected chi connectivity index (χ0v) is 8.47. The van der Waals surface area contributed by atoms with Crippen LogP contribution in [0.25, 0.3) is 0 Å². The molecule has 0 atom stereocenters. The summed E-state index contributed by atoms with van der Waals surface area (Å²) < 4.78 is 0. The van der Waals surface area contributed by atoms with E-state index in [4.69, 9.17) is 5.73 Å². The Bertz CT molecular complexity index is 187. The van der Waals surface area contributed by atoms with Crippen LogP contribution in [0.1, 0.15) is 19.3 Å². The fourth-order valence-electron chi connectivity index (χ4n) is 1.35. The van der Waals surface area contributed by atoms with Crippen molar-refractivity contribution >= 4 is 5.91 Å². The summed E-state index contributed by atoms with van der Waals surface area (Å²) in [6, 6.07) is 0. The standard InChI is InChI=1S/C9H19N3O/c1-12(2)7-6-11-8(13)9(10)4-3-5-9/h3-7,10H2,1-2H3,(H,11,13). The van der Waals surface area contributed by atoms with Gasteiger partial charge in [0.1, 0.15) is 0 Å². The maximum absolute atomic E-state index is 11.5. The second-order valence-corrected chi connectivity index (χ2v) is 4.07. The van der Waals surface area contributed by atoms with Crippen molar-refractivity contribution in [1.29, 1.82) is 0 Å². The number of nitrogens with one attached hydrogen (secondary N) is 1. The van der Waals surface area contributed by atoms with Crippen LogP contribution >= 0.6 is 0 Å². The highest BCUT2D eigenvalue weighted by Gasteiger charge is 2.39. The van der Waals surface area contributed by atoms with Gasteiger partial charge in [0.05, 0.1) is 5.54 Å². The molecule has 1 amide bonds. The molecule has 0 spiro atoms. The molecule has 0 radical (unpaired) electrons. The predicted octanol–water partition coefficient (Wildman–Crippen LogP) is -0.454. The van der Waals surface area contributed by atoms with Gasteiger partial charge in [-0.2, -0.15) is 0 Å². The van der Waals surface area contributed by atoms with Crippen LogP contribution in [0.15, 0.2) is 0 Å². The van der Waals surface area contributed by atoms with Crippen LogP contribution in [0.3, 0.4) is 0 Å². The van der Waals surface area contributed by atoms with Gasteiger partial charge in [-0.15, -0.1) is 0 Å². The van der Waals surface area contributed by atoms with Crippen LogP contribution in [0.5, 0.6) is 0 Å². The second kappa shape index (κ2) is 4.07. The molecular weight excluding hydrogens is 166 g/mol. The van der Waals surface area contributed by atoms with Crippen molar-refractivity contribution in [3.63, 3.8) is 0 Å². The highest BCUT2D eigenvalue weighted by Crippen LogP contribution is 2.28. The summed E-state index contributed by atoms with van der Waals surface area (Å²) in [7, 11) is 3.96. The summed E-state index contributed by atoms with van der Waals surface area (Å²) in [5.41, 5.74) is 5.29. The van der Waals surface area contributed by atoms with Gasteiger partial charge in [-0.25, -0.2) is 0 Å². The van der Waals surface area contributed by atoms with Crippen molar-refractivity contribution < 1.29 is 4.79 Å². The van der Waals surface area contributed by atoms with E-state index in [-0.39, 0.29) is 5.91 Å². The minimum atomic E-state index is -0.549. The summed E-state index contributed by atoms with van der Waals surface area (Å²) in [4.78, 5) is 13.5. The number of hydrogen-bond acceptors (Lipinski definition) is 3. The average Bonchev–Trinajstić information content (AvgIpc) is 1.99. The van der Waals surface area contributed by atoms with Crippen LogP contribution in [0, 0.1) is 0 Å². The summed E-state index contributed by atoms with van der Waals surface area (Å²) in [5, 5.41) is 2.85. The number of nitrogens with zero attached hydrogens (tertiary/aromatic N) is 1. The van der Waals surface area contributed by atoms with Gasteiger partial charge in [0, 0.05) is 13.1 Å². The Labute approximate surface area is 79.5 Å². The Morgan fingerprint density at radius 3 is 2.54 bits per heavy atom. The first-order chi connectivity index (χ1) is 6.04. The molecule has 1 fully saturated rings. The number of rotatable bonds is 4. The van der Waals surface area contributed by atoms with Gasteiger partial charge in [0.2, 0.25) is 5.91 Å². The van der Waals surface area contributed by atoms with Crippen molar-refractivity contribution in [3.8, 4) is 0 Å². The highest BCUT2D eigenvalue weighted by atomic mass is 16.2. The smallest absolute Gasteiger partial charge is 0.240 e. The van der Waals surface area contributed by atoms with E-state index in [9.17, 15) is 4.79 Å². The maximum atomic E-state index is 11.5. The third-order valence-corrected chi connectivity index (χ3v) is 2.54. The SMILES string of the molecule is CN(C)CCNC(=O)C1(N)CCC1. The lowest BCUT2D eigenvalue weighted by atomic mass is 9.77. The van der Waals surface area contributed by atoms with Crippen LogP contribution in [-0.2, 0) is 4.79 Å². The molecule has 0 aliphatic heterocycles. The Kier molecular flexibility index (Phi) is 3.27. The number of hydrogen-bond donors (Lipinski definition) is 2. The summed E-state index contributed by atoms with van der Waals surface area (Å²) in [6.45, 7) is 1.55. The van der Waals surface area contributed by atoms with E-state index in [1.165, 1.54) is 0 Å². The molecule has 1 rings (SSSR count). The molecule has 1 aliphatic rings. The van der Waals surface area contributed by atoms with Crippen LogP contribution in [-0.4, -0.2) is 43.5 Å². The Morgan fingerprint density at radius 1 is 1.54 bits per heavy atom. The zero-order valence-electron chi connectivity index (χ0n) is 8.47. The molecule has 76 valence electrons. The second-order valence-electron chi connectivity index (χ2n) is 4.07. The van der Waals surface area contributed by atoms with Gasteiger partial charge in [-0.1, -0.05) is 0 Å². The molecule has 1 saturated carbocycles. The summed E-state index contributed by atoms with van der Waals surface area (Å²) in [6.07, 6.45) is 2.75. The number of likely N-dealkylation sites (N-methyl/N-ethyl adjacent to an activating group) is 1. The quantitative estimate of drug-likeness (QED) is 0.623. The lowest BCUT2D eigenvalue weighted by Crippen LogP contribution is -2.59. The summed E-state index contributed by atoms with van der Waals surface area (Å²) >= 11 is 0. The van der Waals surface area contributed by atoms with Crippen molar-refractivity contribution in [2.45, 2.75) is 24.8 Å². The molecule has 4 heteroatoms. The van der Waals surface area contributed by atoms with E-state index in [1.807, 2.05) is 19.0 Å². The molecular formula is C9H19N3O. The van der Waals surface area contributed by atoms with Crippen molar-refractivity contribution in [2.24, 2.45) is 5.73 Å². The van der Waals surface area contributed by atoms with Gasteiger partial charge < -0.3 is 16.0 Å². The topological polar surface area (TPSA) is 58.4 Å². The van der Waals surface area contributed by atoms with Gasteiger partial charge in [-0.05, 0) is 33.4 Å². The van der Waals surface area contributed by atoms with Gasteiger partial charge >= 0.3 is 0 Å². The fourth-order valence-corrected chi connectivity index (χ4v) is 1.35. The predicted molar refractivity (Wildman–Crippen MR) is 52.3 cm³/mol. The molecule has 3 N–H and O–H groups in total. The Hall–Kier alpha value is -0.610. The molecule has 4 nitrogen and oxygen atoms in total.